The largest absolute Gasteiger partial charge is 0.354 e. The predicted octanol–water partition coefficient (Wildman–Crippen LogP) is 1.44. The van der Waals surface area contributed by atoms with Crippen molar-refractivity contribution in [2.45, 2.75) is 26.8 Å². The first-order valence-electron chi connectivity index (χ1n) is 6.92. The van der Waals surface area contributed by atoms with Gasteiger partial charge >= 0.3 is 0 Å². The average molecular weight is 308 g/mol. The van der Waals surface area contributed by atoms with Gasteiger partial charge in [0.15, 0.2) is 0 Å². The van der Waals surface area contributed by atoms with Crippen molar-refractivity contribution in [3.05, 3.63) is 12.7 Å². The van der Waals surface area contributed by atoms with Crippen molar-refractivity contribution in [1.82, 2.24) is 29.7 Å². The molecule has 0 fully saturated rings. The lowest BCUT2D eigenvalue weighted by atomic mass is 10.4. The minimum atomic E-state index is 0.274. The Hall–Kier alpha value is -1.90. The van der Waals surface area contributed by atoms with Crippen LogP contribution in [0.5, 0.6) is 0 Å². The van der Waals surface area contributed by atoms with Crippen LogP contribution in [-0.2, 0) is 0 Å². The highest BCUT2D eigenvalue weighted by Crippen LogP contribution is 2.11. The zero-order chi connectivity index (χ0) is 15.1. The molecule has 0 aliphatic rings. The van der Waals surface area contributed by atoms with E-state index >= 15 is 0 Å². The SMILES string of the molecule is CCNc1nc(NC(C)CSCC)nc(-n2cncn2)n1. The Morgan fingerprint density at radius 2 is 2.05 bits per heavy atom. The lowest BCUT2D eigenvalue weighted by Gasteiger charge is -2.14. The molecule has 0 aliphatic heterocycles. The molecule has 0 bridgehead atoms. The van der Waals surface area contributed by atoms with E-state index in [1.807, 2.05) is 18.7 Å². The molecule has 1 atom stereocenters. The molecule has 2 heterocycles. The summed E-state index contributed by atoms with van der Waals surface area (Å²) in [5, 5.41) is 10.4. The Kier molecular flexibility index (Phi) is 5.73. The molecule has 1 unspecified atom stereocenters. The fourth-order valence-electron chi connectivity index (χ4n) is 1.64. The molecule has 0 aromatic carbocycles. The van der Waals surface area contributed by atoms with Gasteiger partial charge in [-0.3, -0.25) is 0 Å². The van der Waals surface area contributed by atoms with E-state index in [0.717, 1.165) is 18.1 Å². The van der Waals surface area contributed by atoms with Crippen LogP contribution in [0.1, 0.15) is 20.8 Å². The number of anilines is 2. The summed E-state index contributed by atoms with van der Waals surface area (Å²) in [5.41, 5.74) is 0. The highest BCUT2D eigenvalue weighted by Gasteiger charge is 2.10. The first kappa shape index (κ1) is 15.5. The molecule has 114 valence electrons. The van der Waals surface area contributed by atoms with Gasteiger partial charge < -0.3 is 10.6 Å². The Balaban J connectivity index is 2.19. The Morgan fingerprint density at radius 3 is 2.71 bits per heavy atom. The third kappa shape index (κ3) is 4.55. The summed E-state index contributed by atoms with van der Waals surface area (Å²) in [5.74, 6) is 3.59. The fourth-order valence-corrected chi connectivity index (χ4v) is 2.31. The fraction of sp³-hybridized carbons (Fsp3) is 0.583. The summed E-state index contributed by atoms with van der Waals surface area (Å²) in [6.07, 6.45) is 3.01. The highest BCUT2D eigenvalue weighted by molar-refractivity contribution is 7.99. The Labute approximate surface area is 128 Å². The van der Waals surface area contributed by atoms with Gasteiger partial charge in [-0.1, -0.05) is 6.92 Å². The number of thioether (sulfide) groups is 1. The average Bonchev–Trinajstić information content (AvgIpc) is 2.99. The van der Waals surface area contributed by atoms with Crippen LogP contribution in [0.15, 0.2) is 12.7 Å². The number of aromatic nitrogens is 6. The molecule has 0 spiro atoms. The monoisotopic (exact) mass is 308 g/mol. The van der Waals surface area contributed by atoms with Crippen LogP contribution in [0.25, 0.3) is 5.95 Å². The van der Waals surface area contributed by atoms with E-state index in [1.165, 1.54) is 11.0 Å². The molecule has 9 heteroatoms. The molecule has 2 aromatic rings. The van der Waals surface area contributed by atoms with Gasteiger partial charge in [0, 0.05) is 18.3 Å². The molecule has 2 aromatic heterocycles. The molecule has 0 aliphatic carbocycles. The summed E-state index contributed by atoms with van der Waals surface area (Å²) >= 11 is 1.88. The van der Waals surface area contributed by atoms with Gasteiger partial charge in [-0.05, 0) is 19.6 Å². The van der Waals surface area contributed by atoms with Gasteiger partial charge in [-0.15, -0.1) is 0 Å². The van der Waals surface area contributed by atoms with Crippen molar-refractivity contribution in [1.29, 1.82) is 0 Å². The molecule has 0 saturated heterocycles. The van der Waals surface area contributed by atoms with Crippen molar-refractivity contribution in [3.8, 4) is 5.95 Å². The van der Waals surface area contributed by atoms with Gasteiger partial charge in [0.2, 0.25) is 11.9 Å². The lowest BCUT2D eigenvalue weighted by molar-refractivity contribution is 0.786. The summed E-state index contributed by atoms with van der Waals surface area (Å²) in [7, 11) is 0. The molecule has 0 saturated carbocycles. The first-order valence-corrected chi connectivity index (χ1v) is 8.07. The quantitative estimate of drug-likeness (QED) is 0.756. The maximum Gasteiger partial charge on any atom is 0.258 e. The number of nitrogens with zero attached hydrogens (tertiary/aromatic N) is 6. The Morgan fingerprint density at radius 1 is 1.24 bits per heavy atom. The van der Waals surface area contributed by atoms with Crippen molar-refractivity contribution in [3.63, 3.8) is 0 Å². The molecule has 2 N–H and O–H groups in total. The summed E-state index contributed by atoms with van der Waals surface area (Å²) in [6, 6.07) is 0.274. The Bertz CT molecular complexity index is 544. The van der Waals surface area contributed by atoms with Crippen LogP contribution in [-0.4, -0.2) is 53.8 Å². The van der Waals surface area contributed by atoms with Gasteiger partial charge in [-0.25, -0.2) is 4.98 Å². The normalized spacial score (nSPS) is 12.1. The second-order valence-electron chi connectivity index (χ2n) is 4.36. The lowest BCUT2D eigenvalue weighted by Crippen LogP contribution is -2.21. The van der Waals surface area contributed by atoms with Gasteiger partial charge in [-0.2, -0.15) is 36.5 Å². The molecular formula is C12H20N8S. The topological polar surface area (TPSA) is 93.4 Å². The third-order valence-electron chi connectivity index (χ3n) is 2.53. The van der Waals surface area contributed by atoms with E-state index in [-0.39, 0.29) is 6.04 Å². The molecule has 0 amide bonds. The zero-order valence-electron chi connectivity index (χ0n) is 12.4. The van der Waals surface area contributed by atoms with Crippen LogP contribution in [0.3, 0.4) is 0 Å². The van der Waals surface area contributed by atoms with Gasteiger partial charge in [0.25, 0.3) is 5.95 Å². The van der Waals surface area contributed by atoms with E-state index in [2.05, 4.69) is 49.5 Å². The van der Waals surface area contributed by atoms with Gasteiger partial charge in [0.1, 0.15) is 12.7 Å². The maximum atomic E-state index is 4.38. The number of nitrogens with one attached hydrogen (secondary N) is 2. The smallest absolute Gasteiger partial charge is 0.258 e. The highest BCUT2D eigenvalue weighted by atomic mass is 32.2. The number of rotatable bonds is 8. The standard InChI is InChI=1S/C12H20N8S/c1-4-14-10-17-11(16-9(3)6-21-5-2)19-12(18-10)20-8-13-7-15-20/h7-9H,4-6H2,1-3H3,(H2,14,16,17,18,19). The second kappa shape index (κ2) is 7.77. The van der Waals surface area contributed by atoms with Crippen molar-refractivity contribution < 1.29 is 0 Å². The maximum absolute atomic E-state index is 4.38. The summed E-state index contributed by atoms with van der Waals surface area (Å²) < 4.78 is 1.51. The summed E-state index contributed by atoms with van der Waals surface area (Å²) in [6.45, 7) is 6.98. The van der Waals surface area contributed by atoms with E-state index in [1.54, 1.807) is 6.33 Å². The summed E-state index contributed by atoms with van der Waals surface area (Å²) in [4.78, 5) is 17.0. The molecule has 8 nitrogen and oxygen atoms in total. The number of hydrogen-bond donors (Lipinski definition) is 2. The first-order chi connectivity index (χ1) is 10.2. The van der Waals surface area contributed by atoms with E-state index in [4.69, 9.17) is 0 Å². The van der Waals surface area contributed by atoms with E-state index in [9.17, 15) is 0 Å². The predicted molar refractivity (Wildman–Crippen MR) is 85.0 cm³/mol. The van der Waals surface area contributed by atoms with Crippen LogP contribution >= 0.6 is 11.8 Å². The van der Waals surface area contributed by atoms with Crippen molar-refractivity contribution in [2.24, 2.45) is 0 Å². The zero-order valence-corrected chi connectivity index (χ0v) is 13.3. The molecule has 2 rings (SSSR count). The van der Waals surface area contributed by atoms with Gasteiger partial charge in [0.05, 0.1) is 0 Å². The van der Waals surface area contributed by atoms with Crippen molar-refractivity contribution >= 4 is 23.7 Å². The second-order valence-corrected chi connectivity index (χ2v) is 5.68. The number of hydrogen-bond acceptors (Lipinski definition) is 8. The molecule has 21 heavy (non-hydrogen) atoms. The van der Waals surface area contributed by atoms with Crippen LogP contribution < -0.4 is 10.6 Å². The minimum absolute atomic E-state index is 0.274. The van der Waals surface area contributed by atoms with E-state index < -0.39 is 0 Å². The van der Waals surface area contributed by atoms with Crippen molar-refractivity contribution in [2.75, 3.05) is 28.7 Å². The van der Waals surface area contributed by atoms with Crippen LogP contribution in [0.4, 0.5) is 11.9 Å². The molecular weight excluding hydrogens is 288 g/mol. The third-order valence-corrected chi connectivity index (χ3v) is 3.67. The molecule has 0 radical (unpaired) electrons. The minimum Gasteiger partial charge on any atom is -0.354 e. The van der Waals surface area contributed by atoms with Crippen LogP contribution in [0, 0.1) is 0 Å². The van der Waals surface area contributed by atoms with Crippen LogP contribution in [0.2, 0.25) is 0 Å². The van der Waals surface area contributed by atoms with E-state index in [0.29, 0.717) is 17.8 Å².